The van der Waals surface area contributed by atoms with Crippen LogP contribution in [0.4, 0.5) is 5.95 Å². The van der Waals surface area contributed by atoms with Crippen LogP contribution >= 0.6 is 12.2 Å². The van der Waals surface area contributed by atoms with Gasteiger partial charge in [-0.2, -0.15) is 9.50 Å². The number of carbonyl (C=O) groups excluding carboxylic acids is 1. The van der Waals surface area contributed by atoms with Crippen LogP contribution in [0.15, 0.2) is 6.33 Å². The Morgan fingerprint density at radius 3 is 3.00 bits per heavy atom. The Bertz CT molecular complexity index is 585. The van der Waals surface area contributed by atoms with Crippen LogP contribution in [0.3, 0.4) is 0 Å². The van der Waals surface area contributed by atoms with E-state index in [4.69, 9.17) is 12.2 Å². The molecule has 0 aliphatic heterocycles. The largest absolute Gasteiger partial charge is 0.311 e. The molecular weight excluding hydrogens is 216 g/mol. The summed E-state index contributed by atoms with van der Waals surface area (Å²) in [6.45, 7) is 1.38. The molecule has 2 heterocycles. The molecule has 0 saturated carbocycles. The molecule has 2 aromatic rings. The summed E-state index contributed by atoms with van der Waals surface area (Å²) in [6, 6.07) is 0. The van der Waals surface area contributed by atoms with E-state index < -0.39 is 0 Å². The summed E-state index contributed by atoms with van der Waals surface area (Å²) in [5.74, 6) is 0.329. The molecule has 0 fully saturated rings. The lowest BCUT2D eigenvalue weighted by atomic mass is 10.7. The third kappa shape index (κ3) is 1.71. The Balaban J connectivity index is 2.61. The molecule has 15 heavy (non-hydrogen) atoms. The van der Waals surface area contributed by atoms with E-state index in [2.05, 4.69) is 20.4 Å². The SMILES string of the molecule is CC(=O)Nc1nc2ncn(C)c(=S)n2n1. The average Bonchev–Trinajstić information content (AvgIpc) is 2.54. The fourth-order valence-electron chi connectivity index (χ4n) is 1.06. The summed E-state index contributed by atoms with van der Waals surface area (Å²) in [5.41, 5.74) is 0. The first kappa shape index (κ1) is 9.71. The molecule has 0 saturated heterocycles. The highest BCUT2D eigenvalue weighted by Gasteiger charge is 2.06. The molecule has 78 valence electrons. The number of aryl methyl sites for hydroxylation is 1. The van der Waals surface area contributed by atoms with E-state index in [0.717, 1.165) is 0 Å². The fraction of sp³-hybridized carbons (Fsp3) is 0.286. The average molecular weight is 224 g/mol. The van der Waals surface area contributed by atoms with Crippen LogP contribution in [0.1, 0.15) is 6.92 Å². The zero-order valence-electron chi connectivity index (χ0n) is 8.13. The monoisotopic (exact) mass is 224 g/mol. The summed E-state index contributed by atoms with van der Waals surface area (Å²) in [7, 11) is 1.76. The van der Waals surface area contributed by atoms with Gasteiger partial charge in [-0.1, -0.05) is 0 Å². The smallest absolute Gasteiger partial charge is 0.258 e. The van der Waals surface area contributed by atoms with Crippen LogP contribution in [-0.4, -0.2) is 30.1 Å². The predicted octanol–water partition coefficient (Wildman–Crippen LogP) is 0.151. The molecule has 0 spiro atoms. The van der Waals surface area contributed by atoms with Crippen molar-refractivity contribution in [3.05, 3.63) is 11.1 Å². The van der Waals surface area contributed by atoms with Crippen molar-refractivity contribution in [1.29, 1.82) is 0 Å². The predicted molar refractivity (Wildman–Crippen MR) is 54.9 cm³/mol. The van der Waals surface area contributed by atoms with Crippen molar-refractivity contribution in [2.24, 2.45) is 7.05 Å². The molecule has 0 atom stereocenters. The third-order valence-electron chi connectivity index (χ3n) is 1.71. The van der Waals surface area contributed by atoms with Crippen LogP contribution in [0, 0.1) is 4.77 Å². The number of nitrogens with one attached hydrogen (secondary N) is 1. The van der Waals surface area contributed by atoms with Gasteiger partial charge >= 0.3 is 0 Å². The van der Waals surface area contributed by atoms with Gasteiger partial charge in [-0.15, -0.1) is 5.10 Å². The molecule has 1 amide bonds. The van der Waals surface area contributed by atoms with Crippen molar-refractivity contribution in [2.45, 2.75) is 6.92 Å². The minimum absolute atomic E-state index is 0.201. The highest BCUT2D eigenvalue weighted by atomic mass is 32.1. The van der Waals surface area contributed by atoms with Gasteiger partial charge in [-0.05, 0) is 12.2 Å². The van der Waals surface area contributed by atoms with E-state index in [1.807, 2.05) is 0 Å². The molecule has 0 radical (unpaired) electrons. The lowest BCUT2D eigenvalue weighted by molar-refractivity contribution is -0.114. The van der Waals surface area contributed by atoms with Gasteiger partial charge < -0.3 is 4.57 Å². The zero-order chi connectivity index (χ0) is 11.0. The summed E-state index contributed by atoms with van der Waals surface area (Å²) in [5, 5.41) is 6.46. The van der Waals surface area contributed by atoms with Crippen molar-refractivity contribution >= 4 is 29.9 Å². The third-order valence-corrected chi connectivity index (χ3v) is 2.17. The van der Waals surface area contributed by atoms with E-state index >= 15 is 0 Å². The topological polar surface area (TPSA) is 77.1 Å². The standard InChI is InChI=1S/C7H8N6OS/c1-4(14)9-5-10-6-8-3-12(2)7(15)13(6)11-5/h3H,1-2H3,(H,9,11,14). The van der Waals surface area contributed by atoms with E-state index in [0.29, 0.717) is 10.5 Å². The molecule has 1 N–H and O–H groups in total. The Morgan fingerprint density at radius 1 is 1.60 bits per heavy atom. The summed E-state index contributed by atoms with van der Waals surface area (Å²) >= 11 is 5.09. The molecule has 2 rings (SSSR count). The van der Waals surface area contributed by atoms with Gasteiger partial charge in [0.05, 0.1) is 0 Å². The van der Waals surface area contributed by atoms with Gasteiger partial charge in [0.25, 0.3) is 11.7 Å². The molecule has 0 aliphatic carbocycles. The molecule has 0 aromatic carbocycles. The number of nitrogens with zero attached hydrogens (tertiary/aromatic N) is 5. The first-order chi connectivity index (χ1) is 7.08. The summed E-state index contributed by atoms with van der Waals surface area (Å²) in [6.07, 6.45) is 1.55. The van der Waals surface area contributed by atoms with Gasteiger partial charge in [-0.3, -0.25) is 10.1 Å². The maximum absolute atomic E-state index is 10.8. The van der Waals surface area contributed by atoms with Crippen molar-refractivity contribution in [3.63, 3.8) is 0 Å². The Hall–Kier alpha value is -1.83. The van der Waals surface area contributed by atoms with Crippen LogP contribution in [0.5, 0.6) is 0 Å². The second kappa shape index (κ2) is 3.39. The fourth-order valence-corrected chi connectivity index (χ4v) is 1.23. The number of amides is 1. The van der Waals surface area contributed by atoms with Crippen LogP contribution in [-0.2, 0) is 11.8 Å². The van der Waals surface area contributed by atoms with Crippen molar-refractivity contribution in [1.82, 2.24) is 24.1 Å². The lowest BCUT2D eigenvalue weighted by Crippen LogP contribution is -2.07. The zero-order valence-corrected chi connectivity index (χ0v) is 8.95. The molecule has 8 heteroatoms. The number of carbonyl (C=O) groups is 1. The van der Waals surface area contributed by atoms with Gasteiger partial charge in [0.1, 0.15) is 6.33 Å². The lowest BCUT2D eigenvalue weighted by Gasteiger charge is -1.96. The van der Waals surface area contributed by atoms with Crippen molar-refractivity contribution in [3.8, 4) is 0 Å². The van der Waals surface area contributed by atoms with Gasteiger partial charge in [-0.25, -0.2) is 4.98 Å². The number of fused-ring (bicyclic) bond motifs is 1. The first-order valence-electron chi connectivity index (χ1n) is 4.14. The second-order valence-corrected chi connectivity index (χ2v) is 3.33. The van der Waals surface area contributed by atoms with E-state index in [1.165, 1.54) is 11.4 Å². The highest BCUT2D eigenvalue weighted by molar-refractivity contribution is 7.71. The minimum Gasteiger partial charge on any atom is -0.311 e. The Labute approximate surface area is 89.8 Å². The van der Waals surface area contributed by atoms with Gasteiger partial charge in [0, 0.05) is 14.0 Å². The van der Waals surface area contributed by atoms with Crippen LogP contribution < -0.4 is 5.32 Å². The van der Waals surface area contributed by atoms with E-state index in [-0.39, 0.29) is 11.9 Å². The minimum atomic E-state index is -0.235. The van der Waals surface area contributed by atoms with Crippen molar-refractivity contribution in [2.75, 3.05) is 5.32 Å². The van der Waals surface area contributed by atoms with Crippen LogP contribution in [0.2, 0.25) is 0 Å². The molecule has 0 unspecified atom stereocenters. The number of anilines is 1. The number of hydrogen-bond acceptors (Lipinski definition) is 5. The quantitative estimate of drug-likeness (QED) is 0.698. The van der Waals surface area contributed by atoms with E-state index in [1.54, 1.807) is 17.9 Å². The maximum atomic E-state index is 10.8. The molecule has 2 aromatic heterocycles. The summed E-state index contributed by atoms with van der Waals surface area (Å²) < 4.78 is 3.49. The van der Waals surface area contributed by atoms with E-state index in [9.17, 15) is 4.79 Å². The van der Waals surface area contributed by atoms with Crippen LogP contribution in [0.25, 0.3) is 5.78 Å². The number of aromatic nitrogens is 5. The molecule has 0 aliphatic rings. The maximum Gasteiger partial charge on any atom is 0.258 e. The Morgan fingerprint density at radius 2 is 2.33 bits per heavy atom. The highest BCUT2D eigenvalue weighted by Crippen LogP contribution is 2.02. The van der Waals surface area contributed by atoms with Gasteiger partial charge in [0.2, 0.25) is 10.7 Å². The summed E-state index contributed by atoms with van der Waals surface area (Å²) in [4.78, 5) is 18.8. The Kier molecular flexibility index (Phi) is 2.19. The molecule has 0 bridgehead atoms. The first-order valence-corrected chi connectivity index (χ1v) is 4.55. The van der Waals surface area contributed by atoms with Crippen molar-refractivity contribution < 1.29 is 4.79 Å². The molecular formula is C7H8N6OS. The normalized spacial score (nSPS) is 10.5. The molecule has 7 nitrogen and oxygen atoms in total. The van der Waals surface area contributed by atoms with Gasteiger partial charge in [0.15, 0.2) is 0 Å². The number of rotatable bonds is 1. The number of hydrogen-bond donors (Lipinski definition) is 1. The second-order valence-electron chi connectivity index (χ2n) is 2.97.